The first-order valence-electron chi connectivity index (χ1n) is 6.56. The molecule has 3 aromatic rings. The van der Waals surface area contributed by atoms with E-state index >= 15 is 0 Å². The van der Waals surface area contributed by atoms with Gasteiger partial charge in [0.1, 0.15) is 6.33 Å². The van der Waals surface area contributed by atoms with Crippen molar-refractivity contribution in [3.63, 3.8) is 0 Å². The molecular weight excluding hydrogens is 300 g/mol. The van der Waals surface area contributed by atoms with Crippen LogP contribution in [-0.2, 0) is 11.2 Å². The molecule has 0 unspecified atom stereocenters. The Morgan fingerprint density at radius 2 is 1.95 bits per heavy atom. The fraction of sp³-hybridized carbons (Fsp3) is 0.0667. The predicted molar refractivity (Wildman–Crippen MR) is 80.8 cm³/mol. The molecule has 0 saturated carbocycles. The molecule has 0 spiro atoms. The molecule has 0 bridgehead atoms. The van der Waals surface area contributed by atoms with Crippen LogP contribution in [0.1, 0.15) is 16.2 Å². The van der Waals surface area contributed by atoms with Gasteiger partial charge in [0.15, 0.2) is 0 Å². The van der Waals surface area contributed by atoms with Crippen molar-refractivity contribution in [2.24, 2.45) is 0 Å². The van der Waals surface area contributed by atoms with Gasteiger partial charge < -0.3 is 4.98 Å². The lowest BCUT2D eigenvalue weighted by Gasteiger charge is -2.03. The Hall–Kier alpha value is -2.67. The molecule has 0 radical (unpaired) electrons. The van der Waals surface area contributed by atoms with E-state index in [1.807, 2.05) is 30.3 Å². The van der Waals surface area contributed by atoms with Crippen LogP contribution < -0.4 is 0 Å². The molecule has 0 saturated heterocycles. The van der Waals surface area contributed by atoms with E-state index in [9.17, 15) is 9.59 Å². The van der Waals surface area contributed by atoms with E-state index in [-0.39, 0.29) is 12.2 Å². The summed E-state index contributed by atoms with van der Waals surface area (Å²) in [6.07, 6.45) is 3.05. The molecule has 2 N–H and O–H groups in total. The standard InChI is InChI=1S/C15H12N4O2S/c20-12(13(21)14-17-9-18-19-14)8-10-6-7-16-15(10)22-11-4-2-1-3-5-11/h1-7,9,16H,8H2,(H,17,18,19). The molecule has 0 fully saturated rings. The Kier molecular flexibility index (Phi) is 4.15. The second kappa shape index (κ2) is 6.40. The highest BCUT2D eigenvalue weighted by molar-refractivity contribution is 7.99. The van der Waals surface area contributed by atoms with Crippen LogP contribution >= 0.6 is 11.8 Å². The molecule has 2 aromatic heterocycles. The molecule has 22 heavy (non-hydrogen) atoms. The number of aromatic nitrogens is 4. The van der Waals surface area contributed by atoms with E-state index in [1.54, 1.807) is 12.3 Å². The molecule has 0 aliphatic rings. The summed E-state index contributed by atoms with van der Waals surface area (Å²) in [5.74, 6) is -1.31. The Labute approximate surface area is 130 Å². The molecular formula is C15H12N4O2S. The summed E-state index contributed by atoms with van der Waals surface area (Å²) in [6.45, 7) is 0. The zero-order valence-corrected chi connectivity index (χ0v) is 12.3. The number of nitrogens with one attached hydrogen (secondary N) is 2. The summed E-state index contributed by atoms with van der Waals surface area (Å²) in [6, 6.07) is 11.6. The number of ketones is 2. The topological polar surface area (TPSA) is 91.5 Å². The van der Waals surface area contributed by atoms with Crippen molar-refractivity contribution in [3.8, 4) is 0 Å². The highest BCUT2D eigenvalue weighted by Gasteiger charge is 2.21. The van der Waals surface area contributed by atoms with Crippen LogP contribution in [0.15, 0.2) is 58.8 Å². The van der Waals surface area contributed by atoms with Crippen LogP contribution in [-0.4, -0.2) is 31.7 Å². The van der Waals surface area contributed by atoms with Crippen molar-refractivity contribution in [3.05, 3.63) is 60.3 Å². The zero-order chi connectivity index (χ0) is 15.4. The molecule has 6 nitrogen and oxygen atoms in total. The van der Waals surface area contributed by atoms with Gasteiger partial charge >= 0.3 is 0 Å². The predicted octanol–water partition coefficient (Wildman–Crippen LogP) is 2.28. The number of benzene rings is 1. The van der Waals surface area contributed by atoms with Crippen LogP contribution in [0.25, 0.3) is 0 Å². The minimum absolute atomic E-state index is 0.0199. The summed E-state index contributed by atoms with van der Waals surface area (Å²) in [7, 11) is 0. The molecule has 7 heteroatoms. The lowest BCUT2D eigenvalue weighted by atomic mass is 10.1. The van der Waals surface area contributed by atoms with Crippen molar-refractivity contribution >= 4 is 23.3 Å². The van der Waals surface area contributed by atoms with E-state index in [1.165, 1.54) is 18.1 Å². The first-order chi connectivity index (χ1) is 10.7. The van der Waals surface area contributed by atoms with Crippen molar-refractivity contribution in [1.29, 1.82) is 0 Å². The number of hydrogen-bond donors (Lipinski definition) is 2. The van der Waals surface area contributed by atoms with Crippen molar-refractivity contribution in [2.75, 3.05) is 0 Å². The smallest absolute Gasteiger partial charge is 0.267 e. The van der Waals surface area contributed by atoms with Gasteiger partial charge in [0.2, 0.25) is 11.6 Å². The third-order valence-electron chi connectivity index (χ3n) is 2.98. The highest BCUT2D eigenvalue weighted by Crippen LogP contribution is 2.29. The fourth-order valence-electron chi connectivity index (χ4n) is 1.92. The summed E-state index contributed by atoms with van der Waals surface area (Å²) < 4.78 is 0. The quantitative estimate of drug-likeness (QED) is 0.538. The molecule has 110 valence electrons. The van der Waals surface area contributed by atoms with E-state index in [2.05, 4.69) is 20.2 Å². The minimum Gasteiger partial charge on any atom is -0.356 e. The SMILES string of the molecule is O=C(Cc1cc[nH]c1Sc1ccccc1)C(=O)c1nc[nH]n1. The number of Topliss-reactive ketones (excluding diaryl/α,β-unsaturated/α-hetero) is 2. The van der Waals surface area contributed by atoms with Crippen molar-refractivity contribution in [1.82, 2.24) is 20.2 Å². The number of H-pyrrole nitrogens is 2. The Morgan fingerprint density at radius 1 is 1.14 bits per heavy atom. The average Bonchev–Trinajstić information content (AvgIpc) is 3.20. The maximum Gasteiger partial charge on any atom is 0.267 e. The van der Waals surface area contributed by atoms with Crippen molar-refractivity contribution < 1.29 is 9.59 Å². The Balaban J connectivity index is 1.72. The first kappa shape index (κ1) is 14.3. The lowest BCUT2D eigenvalue weighted by molar-refractivity contribution is -0.114. The van der Waals surface area contributed by atoms with Crippen LogP contribution in [0.2, 0.25) is 0 Å². The van der Waals surface area contributed by atoms with Gasteiger partial charge in [0.05, 0.1) is 5.03 Å². The number of carbonyl (C=O) groups is 2. The lowest BCUT2D eigenvalue weighted by Crippen LogP contribution is -2.18. The van der Waals surface area contributed by atoms with Gasteiger partial charge in [-0.1, -0.05) is 30.0 Å². The van der Waals surface area contributed by atoms with Crippen molar-refractivity contribution in [2.45, 2.75) is 16.3 Å². The van der Waals surface area contributed by atoms with E-state index in [0.717, 1.165) is 15.5 Å². The molecule has 1 aromatic carbocycles. The van der Waals surface area contributed by atoms with Gasteiger partial charge in [-0.25, -0.2) is 4.98 Å². The molecule has 2 heterocycles. The largest absolute Gasteiger partial charge is 0.356 e. The van der Waals surface area contributed by atoms with Crippen LogP contribution in [0.3, 0.4) is 0 Å². The minimum atomic E-state index is -0.682. The van der Waals surface area contributed by atoms with Gasteiger partial charge in [-0.05, 0) is 23.8 Å². The summed E-state index contributed by atoms with van der Waals surface area (Å²) in [4.78, 5) is 31.8. The number of aromatic amines is 2. The summed E-state index contributed by atoms with van der Waals surface area (Å²) in [5, 5.41) is 6.91. The summed E-state index contributed by atoms with van der Waals surface area (Å²) >= 11 is 1.52. The number of nitrogens with zero attached hydrogens (tertiary/aromatic N) is 2. The third kappa shape index (κ3) is 3.15. The highest BCUT2D eigenvalue weighted by atomic mass is 32.2. The number of hydrogen-bond acceptors (Lipinski definition) is 5. The fourth-order valence-corrected chi connectivity index (χ4v) is 2.85. The molecule has 0 atom stereocenters. The van der Waals surface area contributed by atoms with Crippen LogP contribution in [0, 0.1) is 0 Å². The van der Waals surface area contributed by atoms with Crippen LogP contribution in [0.4, 0.5) is 0 Å². The second-order valence-electron chi connectivity index (χ2n) is 4.50. The van der Waals surface area contributed by atoms with E-state index < -0.39 is 11.6 Å². The molecule has 0 aliphatic carbocycles. The van der Waals surface area contributed by atoms with Gasteiger partial charge in [-0.2, -0.15) is 0 Å². The monoisotopic (exact) mass is 312 g/mol. The normalized spacial score (nSPS) is 10.5. The third-order valence-corrected chi connectivity index (χ3v) is 4.07. The second-order valence-corrected chi connectivity index (χ2v) is 5.58. The molecule has 0 aliphatic heterocycles. The first-order valence-corrected chi connectivity index (χ1v) is 7.38. The summed E-state index contributed by atoms with van der Waals surface area (Å²) in [5.41, 5.74) is 0.780. The Morgan fingerprint density at radius 3 is 2.68 bits per heavy atom. The molecule has 3 rings (SSSR count). The average molecular weight is 312 g/mol. The van der Waals surface area contributed by atoms with Gasteiger partial charge in [0.25, 0.3) is 5.78 Å². The zero-order valence-electron chi connectivity index (χ0n) is 11.4. The molecule has 0 amide bonds. The number of carbonyl (C=O) groups excluding carboxylic acids is 2. The number of rotatable bonds is 6. The van der Waals surface area contributed by atoms with E-state index in [4.69, 9.17) is 0 Å². The van der Waals surface area contributed by atoms with Gasteiger partial charge in [0, 0.05) is 17.5 Å². The van der Waals surface area contributed by atoms with Gasteiger partial charge in [-0.3, -0.25) is 14.7 Å². The maximum absolute atomic E-state index is 12.0. The maximum atomic E-state index is 12.0. The van der Waals surface area contributed by atoms with Gasteiger partial charge in [-0.15, -0.1) is 5.10 Å². The van der Waals surface area contributed by atoms with Crippen LogP contribution in [0.5, 0.6) is 0 Å². The Bertz CT molecular complexity index is 781. The van der Waals surface area contributed by atoms with E-state index in [0.29, 0.717) is 0 Å².